The van der Waals surface area contributed by atoms with Crippen molar-refractivity contribution in [3.63, 3.8) is 0 Å². The highest BCUT2D eigenvalue weighted by Gasteiger charge is 2.30. The Hall–Kier alpha value is -1.60. The van der Waals surface area contributed by atoms with Gasteiger partial charge in [0.05, 0.1) is 31.2 Å². The van der Waals surface area contributed by atoms with Gasteiger partial charge in [-0.25, -0.2) is 4.98 Å². The van der Waals surface area contributed by atoms with Gasteiger partial charge in [-0.05, 0) is 18.4 Å². The van der Waals surface area contributed by atoms with E-state index in [0.717, 1.165) is 0 Å². The Bertz CT molecular complexity index is 509. The molecule has 1 amide bonds. The van der Waals surface area contributed by atoms with Crippen LogP contribution in [0.4, 0.5) is 0 Å². The van der Waals surface area contributed by atoms with Gasteiger partial charge < -0.3 is 14.7 Å². The van der Waals surface area contributed by atoms with Gasteiger partial charge in [0.25, 0.3) is 5.91 Å². The predicted molar refractivity (Wildman–Crippen MR) is 73.9 cm³/mol. The summed E-state index contributed by atoms with van der Waals surface area (Å²) < 4.78 is 5.28. The van der Waals surface area contributed by atoms with E-state index in [1.807, 2.05) is 6.26 Å². The van der Waals surface area contributed by atoms with E-state index in [4.69, 9.17) is 9.84 Å². The first-order valence-corrected chi connectivity index (χ1v) is 7.45. The molecule has 1 unspecified atom stereocenters. The summed E-state index contributed by atoms with van der Waals surface area (Å²) in [6.07, 6.45) is 3.38. The lowest BCUT2D eigenvalue weighted by atomic mass is 10.1. The third-order valence-corrected chi connectivity index (χ3v) is 3.81. The number of carbonyl (C=O) groups is 2. The number of aliphatic carboxylic acids is 1. The number of aromatic nitrogens is 1. The van der Waals surface area contributed by atoms with Crippen LogP contribution in [0.1, 0.15) is 16.8 Å². The Balaban J connectivity index is 2.23. The van der Waals surface area contributed by atoms with Crippen molar-refractivity contribution in [3.8, 4) is 0 Å². The highest BCUT2D eigenvalue weighted by atomic mass is 32.2. The van der Waals surface area contributed by atoms with Gasteiger partial charge in [0.2, 0.25) is 0 Å². The number of hydrogen-bond donors (Lipinski definition) is 1. The molecule has 2 heterocycles. The monoisotopic (exact) mass is 296 g/mol. The van der Waals surface area contributed by atoms with Crippen LogP contribution >= 0.6 is 11.8 Å². The molecule has 1 fully saturated rings. The van der Waals surface area contributed by atoms with Crippen LogP contribution in [-0.4, -0.2) is 58.9 Å². The average Bonchev–Trinajstić information content (AvgIpc) is 2.46. The van der Waals surface area contributed by atoms with E-state index in [9.17, 15) is 9.59 Å². The van der Waals surface area contributed by atoms with E-state index in [2.05, 4.69) is 4.98 Å². The molecule has 1 aromatic rings. The normalized spacial score (nSPS) is 18.9. The average molecular weight is 296 g/mol. The molecular formula is C13H16N2O4S. The fraction of sp³-hybridized carbons (Fsp3) is 0.462. The molecule has 1 saturated heterocycles. The SMILES string of the molecule is CSc1ncccc1C(=O)N1CCOCC1CC(=O)O. The van der Waals surface area contributed by atoms with Gasteiger partial charge in [-0.2, -0.15) is 0 Å². The Kier molecular flexibility index (Phi) is 4.97. The van der Waals surface area contributed by atoms with Crippen molar-refractivity contribution in [1.29, 1.82) is 0 Å². The minimum Gasteiger partial charge on any atom is -0.481 e. The second-order valence-corrected chi connectivity index (χ2v) is 5.18. The maximum atomic E-state index is 12.6. The third kappa shape index (κ3) is 3.29. The van der Waals surface area contributed by atoms with Gasteiger partial charge in [0.15, 0.2) is 0 Å². The van der Waals surface area contributed by atoms with E-state index < -0.39 is 12.0 Å². The zero-order valence-electron chi connectivity index (χ0n) is 11.1. The number of carboxylic acids is 1. The number of carboxylic acid groups (broad SMARTS) is 1. The molecular weight excluding hydrogens is 280 g/mol. The van der Waals surface area contributed by atoms with Gasteiger partial charge in [0.1, 0.15) is 5.03 Å². The molecule has 0 saturated carbocycles. The summed E-state index contributed by atoms with van der Waals surface area (Å²) in [6.45, 7) is 1.09. The molecule has 20 heavy (non-hydrogen) atoms. The van der Waals surface area contributed by atoms with E-state index in [1.165, 1.54) is 11.8 Å². The second kappa shape index (κ2) is 6.71. The fourth-order valence-electron chi connectivity index (χ4n) is 2.16. The van der Waals surface area contributed by atoms with E-state index in [0.29, 0.717) is 23.7 Å². The third-order valence-electron chi connectivity index (χ3n) is 3.09. The lowest BCUT2D eigenvalue weighted by Gasteiger charge is -2.35. The largest absolute Gasteiger partial charge is 0.481 e. The lowest BCUT2D eigenvalue weighted by Crippen LogP contribution is -2.49. The summed E-state index contributed by atoms with van der Waals surface area (Å²) in [5, 5.41) is 9.58. The topological polar surface area (TPSA) is 79.7 Å². The summed E-state index contributed by atoms with van der Waals surface area (Å²) >= 11 is 1.40. The van der Waals surface area contributed by atoms with Crippen molar-refractivity contribution in [1.82, 2.24) is 9.88 Å². The molecule has 1 aromatic heterocycles. The van der Waals surface area contributed by atoms with E-state index in [-0.39, 0.29) is 18.9 Å². The summed E-state index contributed by atoms with van der Waals surface area (Å²) in [7, 11) is 0. The Morgan fingerprint density at radius 1 is 1.60 bits per heavy atom. The minimum atomic E-state index is -0.936. The summed E-state index contributed by atoms with van der Waals surface area (Å²) in [6, 6.07) is 3.00. The zero-order valence-corrected chi connectivity index (χ0v) is 11.9. The number of hydrogen-bond acceptors (Lipinski definition) is 5. The molecule has 7 heteroatoms. The quantitative estimate of drug-likeness (QED) is 0.839. The second-order valence-electron chi connectivity index (χ2n) is 4.39. The van der Waals surface area contributed by atoms with E-state index in [1.54, 1.807) is 23.2 Å². The van der Waals surface area contributed by atoms with Crippen molar-refractivity contribution in [2.45, 2.75) is 17.5 Å². The van der Waals surface area contributed by atoms with Crippen LogP contribution in [0.5, 0.6) is 0 Å². The molecule has 0 aliphatic carbocycles. The maximum Gasteiger partial charge on any atom is 0.305 e. The molecule has 1 atom stereocenters. The Labute approximate surface area is 121 Å². The van der Waals surface area contributed by atoms with Crippen LogP contribution in [0.25, 0.3) is 0 Å². The molecule has 108 valence electrons. The Morgan fingerprint density at radius 3 is 3.10 bits per heavy atom. The number of nitrogens with zero attached hydrogens (tertiary/aromatic N) is 2. The van der Waals surface area contributed by atoms with Crippen molar-refractivity contribution in [2.75, 3.05) is 26.0 Å². The van der Waals surface area contributed by atoms with Crippen LogP contribution in [0, 0.1) is 0 Å². The van der Waals surface area contributed by atoms with Crippen LogP contribution in [0.3, 0.4) is 0 Å². The predicted octanol–water partition coefficient (Wildman–Crippen LogP) is 1.12. The van der Waals surface area contributed by atoms with Gasteiger partial charge in [-0.15, -0.1) is 11.8 Å². The van der Waals surface area contributed by atoms with Crippen molar-refractivity contribution < 1.29 is 19.4 Å². The van der Waals surface area contributed by atoms with Crippen LogP contribution in [0.2, 0.25) is 0 Å². The number of thioether (sulfide) groups is 1. The summed E-state index contributed by atoms with van der Waals surface area (Å²) in [5.41, 5.74) is 0.511. The number of amides is 1. The van der Waals surface area contributed by atoms with Gasteiger partial charge in [-0.3, -0.25) is 9.59 Å². The molecule has 2 rings (SSSR count). The minimum absolute atomic E-state index is 0.111. The lowest BCUT2D eigenvalue weighted by molar-refractivity contribution is -0.139. The zero-order chi connectivity index (χ0) is 14.5. The molecule has 1 aliphatic rings. The molecule has 1 aliphatic heterocycles. The maximum absolute atomic E-state index is 12.6. The molecule has 0 bridgehead atoms. The van der Waals surface area contributed by atoms with Crippen molar-refractivity contribution >= 4 is 23.6 Å². The molecule has 1 N–H and O–H groups in total. The number of ether oxygens (including phenoxy) is 1. The van der Waals surface area contributed by atoms with Crippen molar-refractivity contribution in [3.05, 3.63) is 23.9 Å². The standard InChI is InChI=1S/C13H16N2O4S/c1-20-12-10(3-2-4-14-12)13(18)15-5-6-19-8-9(15)7-11(16)17/h2-4,9H,5-8H2,1H3,(H,16,17). The molecule has 0 aromatic carbocycles. The first-order valence-electron chi connectivity index (χ1n) is 6.23. The summed E-state index contributed by atoms with van der Waals surface area (Å²) in [5.74, 6) is -1.12. The van der Waals surface area contributed by atoms with Crippen LogP contribution in [0.15, 0.2) is 23.4 Å². The first kappa shape index (κ1) is 14.8. The smallest absolute Gasteiger partial charge is 0.305 e. The van der Waals surface area contributed by atoms with Gasteiger partial charge >= 0.3 is 5.97 Å². The summed E-state index contributed by atoms with van der Waals surface area (Å²) in [4.78, 5) is 29.2. The first-order chi connectivity index (χ1) is 9.63. The number of rotatable bonds is 4. The molecule has 0 spiro atoms. The number of morpholine rings is 1. The number of pyridine rings is 1. The fourth-order valence-corrected chi connectivity index (χ4v) is 2.71. The highest BCUT2D eigenvalue weighted by molar-refractivity contribution is 7.98. The van der Waals surface area contributed by atoms with Gasteiger partial charge in [-0.1, -0.05) is 0 Å². The molecule has 0 radical (unpaired) electrons. The van der Waals surface area contributed by atoms with Crippen LogP contribution in [-0.2, 0) is 9.53 Å². The van der Waals surface area contributed by atoms with Crippen LogP contribution < -0.4 is 0 Å². The van der Waals surface area contributed by atoms with E-state index >= 15 is 0 Å². The number of carbonyl (C=O) groups excluding carboxylic acids is 1. The Morgan fingerprint density at radius 2 is 2.40 bits per heavy atom. The molecule has 6 nitrogen and oxygen atoms in total. The highest BCUT2D eigenvalue weighted by Crippen LogP contribution is 2.21. The van der Waals surface area contributed by atoms with Gasteiger partial charge in [0, 0.05) is 12.7 Å². The van der Waals surface area contributed by atoms with Crippen molar-refractivity contribution in [2.24, 2.45) is 0 Å².